The standard InChI is InChI=1S/C15H19Cl2NOS/c1-2-3-4-8-13(19)18-9-10-20-15(18)11-6-5-7-12(16)14(11)17/h5-7,15H,2-4,8-10H2,1H3. The van der Waals surface area contributed by atoms with Crippen LogP contribution in [0.4, 0.5) is 0 Å². The van der Waals surface area contributed by atoms with Crippen LogP contribution in [0.5, 0.6) is 0 Å². The highest BCUT2D eigenvalue weighted by molar-refractivity contribution is 7.99. The number of benzene rings is 1. The van der Waals surface area contributed by atoms with Crippen LogP contribution >= 0.6 is 35.0 Å². The minimum absolute atomic E-state index is 0.00956. The highest BCUT2D eigenvalue weighted by atomic mass is 35.5. The van der Waals surface area contributed by atoms with Gasteiger partial charge in [-0.1, -0.05) is 55.1 Å². The Bertz CT molecular complexity index is 481. The topological polar surface area (TPSA) is 20.3 Å². The number of carbonyl (C=O) groups excluding carboxylic acids is 1. The molecule has 1 aliphatic rings. The van der Waals surface area contributed by atoms with E-state index in [0.29, 0.717) is 16.5 Å². The van der Waals surface area contributed by atoms with Crippen molar-refractivity contribution in [3.8, 4) is 0 Å². The van der Waals surface area contributed by atoms with E-state index in [1.165, 1.54) is 0 Å². The summed E-state index contributed by atoms with van der Waals surface area (Å²) in [7, 11) is 0. The lowest BCUT2D eigenvalue weighted by Crippen LogP contribution is -2.30. The summed E-state index contributed by atoms with van der Waals surface area (Å²) in [4.78, 5) is 14.3. The lowest BCUT2D eigenvalue weighted by atomic mass is 10.1. The highest BCUT2D eigenvalue weighted by Gasteiger charge is 2.31. The lowest BCUT2D eigenvalue weighted by Gasteiger charge is -2.25. The van der Waals surface area contributed by atoms with Crippen LogP contribution in [-0.2, 0) is 4.79 Å². The third-order valence-corrected chi connectivity index (χ3v) is 5.53. The fourth-order valence-electron chi connectivity index (χ4n) is 2.36. The van der Waals surface area contributed by atoms with Gasteiger partial charge in [0.25, 0.3) is 0 Å². The Labute approximate surface area is 134 Å². The number of halogens is 2. The Hall–Kier alpha value is -0.380. The predicted molar refractivity (Wildman–Crippen MR) is 87.5 cm³/mol. The Morgan fingerprint density at radius 1 is 1.40 bits per heavy atom. The van der Waals surface area contributed by atoms with E-state index in [-0.39, 0.29) is 11.3 Å². The van der Waals surface area contributed by atoms with Gasteiger partial charge in [0.1, 0.15) is 5.37 Å². The zero-order chi connectivity index (χ0) is 14.5. The van der Waals surface area contributed by atoms with Crippen LogP contribution in [0.15, 0.2) is 18.2 Å². The molecule has 0 N–H and O–H groups in total. The predicted octanol–water partition coefficient (Wildman–Crippen LogP) is 5.15. The molecule has 0 aromatic heterocycles. The Balaban J connectivity index is 2.10. The maximum atomic E-state index is 12.3. The van der Waals surface area contributed by atoms with E-state index in [1.54, 1.807) is 17.8 Å². The van der Waals surface area contributed by atoms with Gasteiger partial charge in [-0.2, -0.15) is 0 Å². The molecule has 0 spiro atoms. The second-order valence-electron chi connectivity index (χ2n) is 4.91. The van der Waals surface area contributed by atoms with Gasteiger partial charge in [-0.05, 0) is 12.5 Å². The number of unbranched alkanes of at least 4 members (excludes halogenated alkanes) is 2. The van der Waals surface area contributed by atoms with E-state index in [4.69, 9.17) is 23.2 Å². The maximum absolute atomic E-state index is 12.3. The van der Waals surface area contributed by atoms with E-state index in [2.05, 4.69) is 6.92 Å². The van der Waals surface area contributed by atoms with E-state index in [9.17, 15) is 4.79 Å². The number of thioether (sulfide) groups is 1. The van der Waals surface area contributed by atoms with Gasteiger partial charge in [0.05, 0.1) is 10.0 Å². The molecule has 1 aromatic rings. The average Bonchev–Trinajstić information content (AvgIpc) is 2.91. The maximum Gasteiger partial charge on any atom is 0.223 e. The summed E-state index contributed by atoms with van der Waals surface area (Å²) in [6, 6.07) is 5.63. The van der Waals surface area contributed by atoms with Gasteiger partial charge >= 0.3 is 0 Å². The van der Waals surface area contributed by atoms with Crippen molar-refractivity contribution in [1.82, 2.24) is 4.90 Å². The van der Waals surface area contributed by atoms with Crippen molar-refractivity contribution in [3.63, 3.8) is 0 Å². The summed E-state index contributed by atoms with van der Waals surface area (Å²) in [6.45, 7) is 2.94. The molecule has 0 saturated carbocycles. The molecular weight excluding hydrogens is 313 g/mol. The third kappa shape index (κ3) is 3.63. The fourth-order valence-corrected chi connectivity index (χ4v) is 4.14. The van der Waals surface area contributed by atoms with Crippen molar-refractivity contribution in [2.75, 3.05) is 12.3 Å². The van der Waals surface area contributed by atoms with Crippen LogP contribution in [0.2, 0.25) is 10.0 Å². The van der Waals surface area contributed by atoms with E-state index >= 15 is 0 Å². The number of rotatable bonds is 5. The first kappa shape index (κ1) is 16.0. The first-order valence-electron chi connectivity index (χ1n) is 7.00. The monoisotopic (exact) mass is 331 g/mol. The number of nitrogens with zero attached hydrogens (tertiary/aromatic N) is 1. The van der Waals surface area contributed by atoms with Gasteiger partial charge in [0.2, 0.25) is 5.91 Å². The quantitative estimate of drug-likeness (QED) is 0.695. The molecule has 1 aliphatic heterocycles. The van der Waals surface area contributed by atoms with E-state index in [0.717, 1.165) is 37.1 Å². The second kappa shape index (κ2) is 7.58. The smallest absolute Gasteiger partial charge is 0.223 e. The molecule has 5 heteroatoms. The summed E-state index contributed by atoms with van der Waals surface area (Å²) in [6.07, 6.45) is 3.83. The molecule has 0 bridgehead atoms. The summed E-state index contributed by atoms with van der Waals surface area (Å²) < 4.78 is 0. The van der Waals surface area contributed by atoms with E-state index in [1.807, 2.05) is 17.0 Å². The molecule has 1 atom stereocenters. The molecule has 2 nitrogen and oxygen atoms in total. The summed E-state index contributed by atoms with van der Waals surface area (Å²) in [5.74, 6) is 1.18. The zero-order valence-electron chi connectivity index (χ0n) is 11.6. The van der Waals surface area contributed by atoms with Crippen molar-refractivity contribution < 1.29 is 4.79 Å². The van der Waals surface area contributed by atoms with Crippen LogP contribution in [-0.4, -0.2) is 23.1 Å². The molecule has 20 heavy (non-hydrogen) atoms. The normalized spacial score (nSPS) is 18.6. The number of hydrogen-bond acceptors (Lipinski definition) is 2. The van der Waals surface area contributed by atoms with Crippen molar-refractivity contribution in [3.05, 3.63) is 33.8 Å². The molecule has 0 aliphatic carbocycles. The molecule has 0 radical (unpaired) electrons. The Morgan fingerprint density at radius 3 is 2.95 bits per heavy atom. The van der Waals surface area contributed by atoms with Gasteiger partial charge in [-0.15, -0.1) is 11.8 Å². The van der Waals surface area contributed by atoms with Crippen LogP contribution in [0, 0.1) is 0 Å². The first-order valence-corrected chi connectivity index (χ1v) is 8.80. The van der Waals surface area contributed by atoms with Gasteiger partial charge in [-0.25, -0.2) is 0 Å². The van der Waals surface area contributed by atoms with Crippen molar-refractivity contribution in [2.45, 2.75) is 38.0 Å². The molecule has 2 rings (SSSR count). The van der Waals surface area contributed by atoms with Gasteiger partial charge < -0.3 is 4.90 Å². The van der Waals surface area contributed by atoms with Crippen LogP contribution in [0.3, 0.4) is 0 Å². The zero-order valence-corrected chi connectivity index (χ0v) is 13.9. The number of carbonyl (C=O) groups is 1. The molecule has 1 amide bonds. The SMILES string of the molecule is CCCCCC(=O)N1CCSC1c1cccc(Cl)c1Cl. The summed E-state index contributed by atoms with van der Waals surface area (Å²) >= 11 is 14.1. The Morgan fingerprint density at radius 2 is 2.20 bits per heavy atom. The number of amides is 1. The second-order valence-corrected chi connectivity index (χ2v) is 6.88. The molecule has 1 unspecified atom stereocenters. The van der Waals surface area contributed by atoms with Gasteiger partial charge in [0, 0.05) is 24.3 Å². The molecule has 1 aromatic carbocycles. The van der Waals surface area contributed by atoms with Crippen LogP contribution in [0.1, 0.15) is 43.5 Å². The molecule has 110 valence electrons. The van der Waals surface area contributed by atoms with Gasteiger partial charge in [-0.3, -0.25) is 4.79 Å². The highest BCUT2D eigenvalue weighted by Crippen LogP contribution is 2.43. The first-order chi connectivity index (χ1) is 9.65. The van der Waals surface area contributed by atoms with Crippen LogP contribution < -0.4 is 0 Å². The molecule has 1 saturated heterocycles. The largest absolute Gasteiger partial charge is 0.326 e. The van der Waals surface area contributed by atoms with Crippen molar-refractivity contribution in [2.24, 2.45) is 0 Å². The summed E-state index contributed by atoms with van der Waals surface area (Å²) in [5, 5.41) is 1.13. The van der Waals surface area contributed by atoms with Gasteiger partial charge in [0.15, 0.2) is 0 Å². The minimum Gasteiger partial charge on any atom is -0.326 e. The molecule has 1 heterocycles. The fraction of sp³-hybridized carbons (Fsp3) is 0.533. The lowest BCUT2D eigenvalue weighted by molar-refractivity contribution is -0.131. The van der Waals surface area contributed by atoms with Crippen LogP contribution in [0.25, 0.3) is 0 Å². The third-order valence-electron chi connectivity index (χ3n) is 3.45. The van der Waals surface area contributed by atoms with Crippen molar-refractivity contribution in [1.29, 1.82) is 0 Å². The van der Waals surface area contributed by atoms with E-state index < -0.39 is 0 Å². The summed E-state index contributed by atoms with van der Waals surface area (Å²) in [5.41, 5.74) is 0.950. The van der Waals surface area contributed by atoms with Crippen molar-refractivity contribution >= 4 is 40.9 Å². The Kier molecular flexibility index (Phi) is 6.06. The molecule has 1 fully saturated rings. The molecular formula is C15H19Cl2NOS. The minimum atomic E-state index is 0.00956. The average molecular weight is 332 g/mol. The number of hydrogen-bond donors (Lipinski definition) is 0.